The van der Waals surface area contributed by atoms with Gasteiger partial charge in [-0.25, -0.2) is 4.79 Å². The zero-order valence-corrected chi connectivity index (χ0v) is 22.3. The first-order chi connectivity index (χ1) is 18.9. The lowest BCUT2D eigenvalue weighted by atomic mass is 10.1. The number of halogens is 1. The van der Waals surface area contributed by atoms with Crippen molar-refractivity contribution in [3.8, 4) is 0 Å². The molecule has 0 aliphatic carbocycles. The lowest BCUT2D eigenvalue weighted by Crippen LogP contribution is -2.43. The van der Waals surface area contributed by atoms with Crippen LogP contribution in [0, 0.1) is 0 Å². The van der Waals surface area contributed by atoms with Crippen LogP contribution in [0.15, 0.2) is 88.5 Å². The van der Waals surface area contributed by atoms with Gasteiger partial charge in [0.05, 0.1) is 10.9 Å². The van der Waals surface area contributed by atoms with Gasteiger partial charge in [0.1, 0.15) is 6.54 Å². The molecule has 202 valence electrons. The molecule has 0 aliphatic heterocycles. The highest BCUT2D eigenvalue weighted by atomic mass is 35.5. The number of para-hydroxylation sites is 1. The fourth-order valence-corrected chi connectivity index (χ4v) is 4.59. The van der Waals surface area contributed by atoms with Gasteiger partial charge in [-0.05, 0) is 48.6 Å². The summed E-state index contributed by atoms with van der Waals surface area (Å²) < 4.78 is 2.49. The van der Waals surface area contributed by atoms with Crippen molar-refractivity contribution in [3.63, 3.8) is 0 Å². The molecule has 2 amide bonds. The summed E-state index contributed by atoms with van der Waals surface area (Å²) in [4.78, 5) is 51.4. The minimum atomic E-state index is -0.542. The fourth-order valence-electron chi connectivity index (χ4n) is 4.39. The van der Waals surface area contributed by atoms with Gasteiger partial charge >= 0.3 is 5.69 Å². The summed E-state index contributed by atoms with van der Waals surface area (Å²) in [7, 11) is 0. The average Bonchev–Trinajstić information content (AvgIpc) is 2.95. The highest BCUT2D eigenvalue weighted by Gasteiger charge is 2.15. The Balaban J connectivity index is 1.37. The van der Waals surface area contributed by atoms with Crippen molar-refractivity contribution in [2.75, 3.05) is 6.54 Å². The molecular weight excluding hydrogens is 516 g/mol. The summed E-state index contributed by atoms with van der Waals surface area (Å²) >= 11 is 6.13. The zero-order valence-electron chi connectivity index (χ0n) is 21.6. The quantitative estimate of drug-likeness (QED) is 0.265. The number of hydrogen-bond acceptors (Lipinski definition) is 4. The number of amides is 2. The van der Waals surface area contributed by atoms with Gasteiger partial charge < -0.3 is 10.6 Å². The van der Waals surface area contributed by atoms with Crippen LogP contribution < -0.4 is 21.9 Å². The summed E-state index contributed by atoms with van der Waals surface area (Å²) in [6.07, 6.45) is 1.88. The smallest absolute Gasteiger partial charge is 0.331 e. The number of carbonyl (C=O) groups excluding carboxylic acids is 2. The van der Waals surface area contributed by atoms with Crippen LogP contribution in [0.3, 0.4) is 0 Å². The molecule has 8 nitrogen and oxygen atoms in total. The Morgan fingerprint density at radius 2 is 1.49 bits per heavy atom. The van der Waals surface area contributed by atoms with E-state index in [0.717, 1.165) is 15.7 Å². The molecular formula is C30H31ClN4O4. The number of fused-ring (bicyclic) bond motifs is 1. The van der Waals surface area contributed by atoms with Crippen LogP contribution in [0.2, 0.25) is 5.02 Å². The standard InChI is InChI=1S/C30H31ClN4O4/c31-25-14-6-4-12-23(25)20-33-27(36)16-8-9-19-34-29(38)24-13-5-7-15-26(24)35(30(34)39)21-28(37)32-18-17-22-10-2-1-3-11-22/h1-7,10-15H,8-9,16-21H2,(H,32,37)(H,33,36). The monoisotopic (exact) mass is 546 g/mol. The number of unbranched alkanes of at least 4 members (excludes halogenated alkanes) is 1. The Labute approximate surface area is 231 Å². The van der Waals surface area contributed by atoms with Gasteiger partial charge in [0.2, 0.25) is 11.8 Å². The van der Waals surface area contributed by atoms with Gasteiger partial charge in [0.15, 0.2) is 0 Å². The number of aromatic nitrogens is 2. The van der Waals surface area contributed by atoms with E-state index in [1.54, 1.807) is 30.3 Å². The molecule has 0 aliphatic rings. The largest absolute Gasteiger partial charge is 0.354 e. The predicted molar refractivity (Wildman–Crippen MR) is 153 cm³/mol. The second kappa shape index (κ2) is 13.6. The van der Waals surface area contributed by atoms with Crippen LogP contribution in [0.1, 0.15) is 30.4 Å². The Bertz CT molecular complexity index is 1560. The molecule has 4 rings (SSSR count). The second-order valence-corrected chi connectivity index (χ2v) is 9.66. The van der Waals surface area contributed by atoms with E-state index in [-0.39, 0.29) is 31.3 Å². The summed E-state index contributed by atoms with van der Waals surface area (Å²) in [6.45, 7) is 0.725. The van der Waals surface area contributed by atoms with E-state index in [1.807, 2.05) is 48.5 Å². The minimum absolute atomic E-state index is 0.134. The Hall–Kier alpha value is -4.17. The fraction of sp³-hybridized carbons (Fsp3) is 0.267. The highest BCUT2D eigenvalue weighted by Crippen LogP contribution is 2.14. The molecule has 39 heavy (non-hydrogen) atoms. The average molecular weight is 547 g/mol. The highest BCUT2D eigenvalue weighted by molar-refractivity contribution is 6.31. The van der Waals surface area contributed by atoms with Crippen molar-refractivity contribution >= 4 is 34.3 Å². The van der Waals surface area contributed by atoms with Crippen molar-refractivity contribution in [1.29, 1.82) is 0 Å². The van der Waals surface area contributed by atoms with E-state index in [0.29, 0.717) is 48.3 Å². The molecule has 0 saturated carbocycles. The first-order valence-corrected chi connectivity index (χ1v) is 13.3. The van der Waals surface area contributed by atoms with Crippen LogP contribution >= 0.6 is 11.6 Å². The van der Waals surface area contributed by atoms with Crippen molar-refractivity contribution in [2.24, 2.45) is 0 Å². The Kier molecular flexibility index (Phi) is 9.69. The van der Waals surface area contributed by atoms with Crippen molar-refractivity contribution in [3.05, 3.63) is 116 Å². The molecule has 1 aromatic heterocycles. The Morgan fingerprint density at radius 3 is 2.28 bits per heavy atom. The minimum Gasteiger partial charge on any atom is -0.354 e. The topological polar surface area (TPSA) is 102 Å². The van der Waals surface area contributed by atoms with Gasteiger partial charge in [-0.3, -0.25) is 23.5 Å². The summed E-state index contributed by atoms with van der Waals surface area (Å²) in [5.41, 5.74) is 1.41. The van der Waals surface area contributed by atoms with Crippen LogP contribution in [0.5, 0.6) is 0 Å². The molecule has 0 radical (unpaired) electrons. The van der Waals surface area contributed by atoms with Crippen molar-refractivity contribution in [2.45, 2.75) is 45.3 Å². The number of rotatable bonds is 12. The lowest BCUT2D eigenvalue weighted by Gasteiger charge is -2.14. The zero-order chi connectivity index (χ0) is 27.6. The van der Waals surface area contributed by atoms with E-state index in [1.165, 1.54) is 4.57 Å². The van der Waals surface area contributed by atoms with E-state index in [2.05, 4.69) is 10.6 Å². The van der Waals surface area contributed by atoms with E-state index in [9.17, 15) is 19.2 Å². The van der Waals surface area contributed by atoms with Crippen molar-refractivity contribution < 1.29 is 9.59 Å². The summed E-state index contributed by atoms with van der Waals surface area (Å²) in [6, 6.07) is 23.9. The molecule has 9 heteroatoms. The third kappa shape index (κ3) is 7.45. The molecule has 0 bridgehead atoms. The van der Waals surface area contributed by atoms with E-state index >= 15 is 0 Å². The molecule has 0 fully saturated rings. The van der Waals surface area contributed by atoms with E-state index < -0.39 is 11.2 Å². The van der Waals surface area contributed by atoms with Crippen LogP contribution in [-0.2, 0) is 35.6 Å². The maximum Gasteiger partial charge on any atom is 0.331 e. The molecule has 3 aromatic carbocycles. The van der Waals surface area contributed by atoms with Gasteiger partial charge in [-0.1, -0.05) is 72.3 Å². The van der Waals surface area contributed by atoms with Gasteiger partial charge in [-0.2, -0.15) is 0 Å². The van der Waals surface area contributed by atoms with Gasteiger partial charge in [-0.15, -0.1) is 0 Å². The molecule has 0 spiro atoms. The third-order valence-electron chi connectivity index (χ3n) is 6.48. The summed E-state index contributed by atoms with van der Waals surface area (Å²) in [5.74, 6) is -0.441. The van der Waals surface area contributed by atoms with E-state index in [4.69, 9.17) is 11.6 Å². The first-order valence-electron chi connectivity index (χ1n) is 13.0. The number of nitrogens with zero attached hydrogens (tertiary/aromatic N) is 2. The molecule has 0 unspecified atom stereocenters. The second-order valence-electron chi connectivity index (χ2n) is 9.25. The molecule has 4 aromatic rings. The van der Waals surface area contributed by atoms with Crippen LogP contribution in [0.25, 0.3) is 10.9 Å². The van der Waals surface area contributed by atoms with Gasteiger partial charge in [0, 0.05) is 31.1 Å². The normalized spacial score (nSPS) is 10.9. The number of hydrogen-bond donors (Lipinski definition) is 2. The lowest BCUT2D eigenvalue weighted by molar-refractivity contribution is -0.122. The third-order valence-corrected chi connectivity index (χ3v) is 6.85. The van der Waals surface area contributed by atoms with Gasteiger partial charge in [0.25, 0.3) is 5.56 Å². The maximum absolute atomic E-state index is 13.3. The van der Waals surface area contributed by atoms with Crippen LogP contribution in [0.4, 0.5) is 0 Å². The van der Waals surface area contributed by atoms with Crippen molar-refractivity contribution in [1.82, 2.24) is 19.8 Å². The molecule has 1 heterocycles. The number of benzene rings is 3. The molecule has 0 atom stereocenters. The number of carbonyl (C=O) groups is 2. The predicted octanol–water partition coefficient (Wildman–Crippen LogP) is 3.66. The molecule has 0 saturated heterocycles. The summed E-state index contributed by atoms with van der Waals surface area (Å²) in [5, 5.41) is 6.66. The SMILES string of the molecule is O=C(CCCCn1c(=O)c2ccccc2n(CC(=O)NCCc2ccccc2)c1=O)NCc1ccccc1Cl. The van der Waals surface area contributed by atoms with Crippen LogP contribution in [-0.4, -0.2) is 27.5 Å². The number of nitrogens with one attached hydrogen (secondary N) is 2. The Morgan fingerprint density at radius 1 is 0.769 bits per heavy atom. The molecule has 2 N–H and O–H groups in total. The maximum atomic E-state index is 13.3. The first kappa shape index (κ1) is 27.9.